The van der Waals surface area contributed by atoms with Gasteiger partial charge >= 0.3 is 0 Å². The van der Waals surface area contributed by atoms with Gasteiger partial charge in [0.05, 0.1) is 0 Å². The van der Waals surface area contributed by atoms with Crippen molar-refractivity contribution in [3.8, 4) is 0 Å². The van der Waals surface area contributed by atoms with E-state index in [2.05, 4.69) is 26.1 Å². The summed E-state index contributed by atoms with van der Waals surface area (Å²) in [5.41, 5.74) is 5.53. The van der Waals surface area contributed by atoms with Crippen LogP contribution >= 0.6 is 0 Å². The molecule has 1 amide bonds. The van der Waals surface area contributed by atoms with Crippen LogP contribution in [0.15, 0.2) is 0 Å². The van der Waals surface area contributed by atoms with E-state index in [-0.39, 0.29) is 11.4 Å². The highest BCUT2D eigenvalue weighted by atomic mass is 16.1. The molecule has 3 heteroatoms. The molecule has 0 saturated heterocycles. The van der Waals surface area contributed by atoms with E-state index in [9.17, 15) is 4.79 Å². The molecule has 0 radical (unpaired) electrons. The first-order valence-electron chi connectivity index (χ1n) is 6.94. The Labute approximate surface area is 107 Å². The number of rotatable bonds is 9. The molecule has 3 nitrogen and oxygen atoms in total. The van der Waals surface area contributed by atoms with E-state index < -0.39 is 0 Å². The van der Waals surface area contributed by atoms with E-state index in [4.69, 9.17) is 5.73 Å². The Balaban J connectivity index is 3.97. The van der Waals surface area contributed by atoms with Crippen molar-refractivity contribution < 1.29 is 4.79 Å². The second-order valence-corrected chi connectivity index (χ2v) is 5.72. The highest BCUT2D eigenvalue weighted by molar-refractivity contribution is 5.76. The molecule has 1 unspecified atom stereocenters. The average molecular weight is 242 g/mol. The van der Waals surface area contributed by atoms with E-state index in [1.165, 1.54) is 12.8 Å². The van der Waals surface area contributed by atoms with Crippen molar-refractivity contribution in [1.29, 1.82) is 0 Å². The summed E-state index contributed by atoms with van der Waals surface area (Å²) >= 11 is 0. The summed E-state index contributed by atoms with van der Waals surface area (Å²) in [5.74, 6) is 0.693. The van der Waals surface area contributed by atoms with E-state index >= 15 is 0 Å². The molecule has 0 heterocycles. The summed E-state index contributed by atoms with van der Waals surface area (Å²) in [4.78, 5) is 11.8. The van der Waals surface area contributed by atoms with Gasteiger partial charge in [-0.15, -0.1) is 0 Å². The molecule has 1 atom stereocenters. The van der Waals surface area contributed by atoms with Gasteiger partial charge in [-0.2, -0.15) is 0 Å². The number of nitrogens with two attached hydrogens (primary N) is 1. The Morgan fingerprint density at radius 3 is 2.41 bits per heavy atom. The minimum absolute atomic E-state index is 0.148. The lowest BCUT2D eigenvalue weighted by molar-refractivity contribution is -0.123. The van der Waals surface area contributed by atoms with Gasteiger partial charge in [0, 0.05) is 18.5 Å². The normalized spacial score (nSPS) is 14.7. The lowest BCUT2D eigenvalue weighted by Crippen LogP contribution is -2.52. The van der Waals surface area contributed by atoms with Crippen LogP contribution < -0.4 is 11.1 Å². The second kappa shape index (κ2) is 8.51. The molecular formula is C14H30N2O. The fraction of sp³-hybridized carbons (Fsp3) is 0.929. The standard InChI is InChI=1S/C14H30N2O/c1-5-6-7-8-9-13(17)16-14(4,11-15)10-12(2)3/h12H,5-11,15H2,1-4H3,(H,16,17). The van der Waals surface area contributed by atoms with E-state index in [0.29, 0.717) is 18.9 Å². The van der Waals surface area contributed by atoms with Gasteiger partial charge < -0.3 is 11.1 Å². The molecule has 0 aromatic carbocycles. The van der Waals surface area contributed by atoms with Gasteiger partial charge in [-0.05, 0) is 25.7 Å². The molecule has 0 fully saturated rings. The molecule has 0 saturated carbocycles. The Bertz CT molecular complexity index is 216. The molecule has 0 bridgehead atoms. The van der Waals surface area contributed by atoms with Crippen molar-refractivity contribution in [2.24, 2.45) is 11.7 Å². The number of hydrogen-bond donors (Lipinski definition) is 2. The Morgan fingerprint density at radius 1 is 1.29 bits per heavy atom. The highest BCUT2D eigenvalue weighted by Crippen LogP contribution is 2.15. The Kier molecular flexibility index (Phi) is 8.23. The molecule has 0 aliphatic carbocycles. The largest absolute Gasteiger partial charge is 0.350 e. The third-order valence-electron chi connectivity index (χ3n) is 3.01. The maximum Gasteiger partial charge on any atom is 0.220 e. The summed E-state index contributed by atoms with van der Waals surface area (Å²) in [6.45, 7) is 9.03. The van der Waals surface area contributed by atoms with E-state index in [1.807, 2.05) is 6.92 Å². The number of amides is 1. The van der Waals surface area contributed by atoms with Gasteiger partial charge in [0.25, 0.3) is 0 Å². The molecule has 0 aromatic rings. The molecule has 17 heavy (non-hydrogen) atoms. The molecule has 3 N–H and O–H groups in total. The van der Waals surface area contributed by atoms with Crippen molar-refractivity contribution in [1.82, 2.24) is 5.32 Å². The van der Waals surface area contributed by atoms with Crippen LogP contribution in [0.2, 0.25) is 0 Å². The van der Waals surface area contributed by atoms with Crippen molar-refractivity contribution in [3.63, 3.8) is 0 Å². The third-order valence-corrected chi connectivity index (χ3v) is 3.01. The zero-order chi connectivity index (χ0) is 13.3. The van der Waals surface area contributed by atoms with Crippen LogP contribution in [0.25, 0.3) is 0 Å². The summed E-state index contributed by atoms with van der Waals surface area (Å²) in [7, 11) is 0. The fourth-order valence-electron chi connectivity index (χ4n) is 2.20. The van der Waals surface area contributed by atoms with Crippen molar-refractivity contribution in [2.75, 3.05) is 6.54 Å². The quantitative estimate of drug-likeness (QED) is 0.611. The lowest BCUT2D eigenvalue weighted by Gasteiger charge is -2.31. The Morgan fingerprint density at radius 2 is 1.94 bits per heavy atom. The van der Waals surface area contributed by atoms with Gasteiger partial charge in [0.1, 0.15) is 0 Å². The zero-order valence-corrected chi connectivity index (χ0v) is 12.0. The highest BCUT2D eigenvalue weighted by Gasteiger charge is 2.25. The van der Waals surface area contributed by atoms with Crippen LogP contribution in [-0.2, 0) is 4.79 Å². The molecule has 0 rings (SSSR count). The van der Waals surface area contributed by atoms with Gasteiger partial charge in [-0.3, -0.25) is 4.79 Å². The van der Waals surface area contributed by atoms with Crippen LogP contribution in [0, 0.1) is 5.92 Å². The number of unbranched alkanes of at least 4 members (excludes halogenated alkanes) is 3. The zero-order valence-electron chi connectivity index (χ0n) is 12.0. The predicted octanol–water partition coefficient (Wildman–Crippen LogP) is 2.84. The summed E-state index contributed by atoms with van der Waals surface area (Å²) in [6.07, 6.45) is 6.12. The van der Waals surface area contributed by atoms with Crippen LogP contribution in [0.3, 0.4) is 0 Å². The smallest absolute Gasteiger partial charge is 0.220 e. The minimum atomic E-state index is -0.240. The van der Waals surface area contributed by atoms with E-state index in [1.54, 1.807) is 0 Å². The van der Waals surface area contributed by atoms with E-state index in [0.717, 1.165) is 19.3 Å². The monoisotopic (exact) mass is 242 g/mol. The maximum atomic E-state index is 11.8. The number of carbonyl (C=O) groups excluding carboxylic acids is 1. The van der Waals surface area contributed by atoms with Crippen molar-refractivity contribution >= 4 is 5.91 Å². The van der Waals surface area contributed by atoms with Crippen LogP contribution in [0.5, 0.6) is 0 Å². The first kappa shape index (κ1) is 16.4. The summed E-state index contributed by atoms with van der Waals surface area (Å²) in [5, 5.41) is 3.09. The number of nitrogens with one attached hydrogen (secondary N) is 1. The lowest BCUT2D eigenvalue weighted by atomic mass is 9.90. The molecule has 0 aliphatic heterocycles. The summed E-state index contributed by atoms with van der Waals surface area (Å²) < 4.78 is 0. The maximum absolute atomic E-state index is 11.8. The van der Waals surface area contributed by atoms with Crippen LogP contribution in [0.1, 0.15) is 66.2 Å². The van der Waals surface area contributed by atoms with Gasteiger partial charge in [0.2, 0.25) is 5.91 Å². The van der Waals surface area contributed by atoms with Crippen molar-refractivity contribution in [3.05, 3.63) is 0 Å². The molecular weight excluding hydrogens is 212 g/mol. The van der Waals surface area contributed by atoms with Gasteiger partial charge in [0.15, 0.2) is 0 Å². The first-order chi connectivity index (χ1) is 7.93. The number of hydrogen-bond acceptors (Lipinski definition) is 2. The SMILES string of the molecule is CCCCCCC(=O)NC(C)(CN)CC(C)C. The first-order valence-corrected chi connectivity index (χ1v) is 6.94. The minimum Gasteiger partial charge on any atom is -0.350 e. The molecule has 0 aromatic heterocycles. The fourth-order valence-corrected chi connectivity index (χ4v) is 2.20. The van der Waals surface area contributed by atoms with Crippen molar-refractivity contribution in [2.45, 2.75) is 71.8 Å². The topological polar surface area (TPSA) is 55.1 Å². The summed E-state index contributed by atoms with van der Waals surface area (Å²) in [6, 6.07) is 0. The average Bonchev–Trinajstić information content (AvgIpc) is 2.23. The predicted molar refractivity (Wildman–Crippen MR) is 73.8 cm³/mol. The molecule has 0 spiro atoms. The van der Waals surface area contributed by atoms with Gasteiger partial charge in [-0.1, -0.05) is 40.0 Å². The number of carbonyl (C=O) groups is 1. The second-order valence-electron chi connectivity index (χ2n) is 5.72. The van der Waals surface area contributed by atoms with Gasteiger partial charge in [-0.25, -0.2) is 0 Å². The molecule has 102 valence electrons. The Hall–Kier alpha value is -0.570. The van der Waals surface area contributed by atoms with Crippen LogP contribution in [0.4, 0.5) is 0 Å². The van der Waals surface area contributed by atoms with Crippen LogP contribution in [-0.4, -0.2) is 18.0 Å². The third kappa shape index (κ3) is 8.19. The molecule has 0 aliphatic rings.